The maximum atomic E-state index is 11.8. The smallest absolute Gasteiger partial charge is 0.697 e. The Balaban J connectivity index is 0.00000264. The van der Waals surface area contributed by atoms with Gasteiger partial charge in [0.2, 0.25) is 0 Å². The van der Waals surface area contributed by atoms with Gasteiger partial charge in [0, 0.05) is 29.0 Å². The lowest BCUT2D eigenvalue weighted by molar-refractivity contribution is -0.870. The Hall–Kier alpha value is -1.24. The number of likely N-dealkylation sites (N-methyl/N-ethyl adjacent to an activating group) is 1. The highest BCUT2D eigenvalue weighted by Gasteiger charge is 2.33. The zero-order valence-corrected chi connectivity index (χ0v) is 14.9. The van der Waals surface area contributed by atoms with Gasteiger partial charge in [-0.15, -0.1) is 9.05 Å². The van der Waals surface area contributed by atoms with Crippen LogP contribution in [0.1, 0.15) is 6.42 Å². The molecule has 7 nitrogen and oxygen atoms in total. The minimum atomic E-state index is -2.04. The first-order valence-electron chi connectivity index (χ1n) is 7.51. The van der Waals surface area contributed by atoms with Gasteiger partial charge in [0.1, 0.15) is 12.6 Å². The van der Waals surface area contributed by atoms with E-state index in [9.17, 15) is 4.57 Å². The van der Waals surface area contributed by atoms with E-state index in [0.717, 1.165) is 41.9 Å². The summed E-state index contributed by atoms with van der Waals surface area (Å²) >= 11 is 0. The predicted octanol–water partition coefficient (Wildman–Crippen LogP) is 2.07. The van der Waals surface area contributed by atoms with Crippen LogP contribution in [0.2, 0.25) is 0 Å². The summed E-state index contributed by atoms with van der Waals surface area (Å²) in [6.07, 6.45) is 0.801. The van der Waals surface area contributed by atoms with Crippen molar-refractivity contribution in [2.45, 2.75) is 12.5 Å². The molecule has 1 aromatic carbocycles. The lowest BCUT2D eigenvalue weighted by Crippen LogP contribution is -2.37. The SMILES string of the molecule is C[N+](C)(C)CCO[P+](=O)OC1CCN(c2ccc(N)cc2)C1.[OH-]. The molecule has 1 aliphatic rings. The lowest BCUT2D eigenvalue weighted by atomic mass is 10.2. The van der Waals surface area contributed by atoms with E-state index in [1.165, 1.54) is 0 Å². The second kappa shape index (κ2) is 8.57. The molecule has 23 heavy (non-hydrogen) atoms. The quantitative estimate of drug-likeness (QED) is 0.462. The molecule has 1 fully saturated rings. The first kappa shape index (κ1) is 19.8. The Morgan fingerprint density at radius 1 is 1.30 bits per heavy atom. The van der Waals surface area contributed by atoms with Crippen LogP contribution in [-0.4, -0.2) is 63.4 Å². The van der Waals surface area contributed by atoms with E-state index in [-0.39, 0.29) is 11.6 Å². The number of rotatable bonds is 7. The number of hydrogen-bond donors (Lipinski definition) is 1. The third-order valence-corrected chi connectivity index (χ3v) is 4.46. The summed E-state index contributed by atoms with van der Waals surface area (Å²) < 4.78 is 23.4. The minimum absolute atomic E-state index is 0. The number of nitrogens with zero attached hydrogens (tertiary/aromatic N) is 2. The van der Waals surface area contributed by atoms with E-state index in [4.69, 9.17) is 14.8 Å². The van der Waals surface area contributed by atoms with Gasteiger partial charge >= 0.3 is 8.25 Å². The zero-order valence-electron chi connectivity index (χ0n) is 14.0. The highest BCUT2D eigenvalue weighted by Crippen LogP contribution is 2.31. The molecule has 0 aromatic heterocycles. The number of anilines is 2. The first-order valence-corrected chi connectivity index (χ1v) is 8.61. The van der Waals surface area contributed by atoms with Crippen molar-refractivity contribution in [2.24, 2.45) is 0 Å². The standard InChI is InChI=1S/C15H26N3O3P.H2O/c1-18(2,3)10-11-20-22(19)21-15-8-9-17(12-15)14-6-4-13(16)5-7-14;/h4-7,15H,8-12,16H2,1-3H3;1H2/q+2;/p-1. The Labute approximate surface area is 138 Å². The number of nitrogen functional groups attached to an aromatic ring is 1. The lowest BCUT2D eigenvalue weighted by Gasteiger charge is -2.21. The van der Waals surface area contributed by atoms with E-state index in [1.807, 2.05) is 24.3 Å². The van der Waals surface area contributed by atoms with Crippen LogP contribution in [0.5, 0.6) is 0 Å². The fourth-order valence-corrected chi connectivity index (χ4v) is 2.98. The van der Waals surface area contributed by atoms with Gasteiger partial charge in [0.25, 0.3) is 0 Å². The molecule has 2 rings (SSSR count). The Morgan fingerprint density at radius 2 is 1.96 bits per heavy atom. The van der Waals surface area contributed by atoms with Crippen LogP contribution >= 0.6 is 8.25 Å². The summed E-state index contributed by atoms with van der Waals surface area (Å²) in [7, 11) is 4.16. The highest BCUT2D eigenvalue weighted by atomic mass is 31.1. The maximum absolute atomic E-state index is 11.8. The van der Waals surface area contributed by atoms with Crippen molar-refractivity contribution in [3.63, 3.8) is 0 Å². The van der Waals surface area contributed by atoms with E-state index in [1.54, 1.807) is 0 Å². The summed E-state index contributed by atoms with van der Waals surface area (Å²) in [5, 5.41) is 0. The summed E-state index contributed by atoms with van der Waals surface area (Å²) in [5.74, 6) is 0. The highest BCUT2D eigenvalue weighted by molar-refractivity contribution is 7.33. The van der Waals surface area contributed by atoms with Gasteiger partial charge in [0.15, 0.2) is 6.61 Å². The molecule has 2 unspecified atom stereocenters. The van der Waals surface area contributed by atoms with Crippen molar-refractivity contribution in [2.75, 3.05) is 58.0 Å². The number of quaternary nitrogens is 1. The third kappa shape index (κ3) is 6.81. The summed E-state index contributed by atoms with van der Waals surface area (Å²) in [5.41, 5.74) is 7.56. The Kier molecular flexibility index (Phi) is 7.38. The van der Waals surface area contributed by atoms with Crippen LogP contribution in [0.15, 0.2) is 24.3 Å². The minimum Gasteiger partial charge on any atom is -0.870 e. The fourth-order valence-electron chi connectivity index (χ4n) is 2.28. The number of nitrogens with two attached hydrogens (primary N) is 1. The zero-order chi connectivity index (χ0) is 16.2. The van der Waals surface area contributed by atoms with Crippen LogP contribution < -0.4 is 10.6 Å². The number of hydrogen-bond acceptors (Lipinski definition) is 6. The van der Waals surface area contributed by atoms with Gasteiger partial charge in [-0.05, 0) is 30.7 Å². The summed E-state index contributed by atoms with van der Waals surface area (Å²) in [6.45, 7) is 2.85. The molecule has 0 radical (unpaired) electrons. The molecule has 1 heterocycles. The summed E-state index contributed by atoms with van der Waals surface area (Å²) in [4.78, 5) is 2.21. The monoisotopic (exact) mass is 344 g/mol. The van der Waals surface area contributed by atoms with Crippen molar-refractivity contribution in [1.29, 1.82) is 0 Å². The van der Waals surface area contributed by atoms with Crippen LogP contribution in [-0.2, 0) is 13.6 Å². The molecule has 0 aliphatic carbocycles. The molecule has 1 aromatic rings. The Bertz CT molecular complexity index is 504. The molecule has 1 saturated heterocycles. The van der Waals surface area contributed by atoms with E-state index in [0.29, 0.717) is 6.61 Å². The van der Waals surface area contributed by atoms with E-state index < -0.39 is 8.25 Å². The third-order valence-electron chi connectivity index (χ3n) is 3.60. The van der Waals surface area contributed by atoms with Crippen LogP contribution in [0.4, 0.5) is 11.4 Å². The second-order valence-corrected chi connectivity index (χ2v) is 7.54. The molecule has 3 N–H and O–H groups in total. The van der Waals surface area contributed by atoms with Gasteiger partial charge in [-0.2, -0.15) is 0 Å². The molecule has 0 bridgehead atoms. The van der Waals surface area contributed by atoms with Crippen molar-refractivity contribution >= 4 is 19.6 Å². The topological polar surface area (TPSA) is 94.8 Å². The second-order valence-electron chi connectivity index (χ2n) is 6.62. The fraction of sp³-hybridized carbons (Fsp3) is 0.600. The van der Waals surface area contributed by atoms with Crippen LogP contribution in [0, 0.1) is 0 Å². The average molecular weight is 344 g/mol. The molecule has 8 heteroatoms. The Morgan fingerprint density at radius 3 is 2.57 bits per heavy atom. The predicted molar refractivity (Wildman–Crippen MR) is 91.0 cm³/mol. The first-order chi connectivity index (χ1) is 10.3. The number of benzene rings is 1. The molecule has 1 aliphatic heterocycles. The van der Waals surface area contributed by atoms with Crippen LogP contribution in [0.25, 0.3) is 0 Å². The van der Waals surface area contributed by atoms with Crippen LogP contribution in [0.3, 0.4) is 0 Å². The van der Waals surface area contributed by atoms with Gasteiger partial charge in [-0.3, -0.25) is 0 Å². The molecular formula is C15H27N3O4P+. The van der Waals surface area contributed by atoms with E-state index in [2.05, 4.69) is 26.0 Å². The largest absolute Gasteiger partial charge is 0.870 e. The maximum Gasteiger partial charge on any atom is 0.697 e. The van der Waals surface area contributed by atoms with Gasteiger partial charge in [-0.25, -0.2) is 0 Å². The van der Waals surface area contributed by atoms with E-state index >= 15 is 0 Å². The van der Waals surface area contributed by atoms with Gasteiger partial charge < -0.3 is 20.6 Å². The molecule has 0 saturated carbocycles. The molecular weight excluding hydrogens is 317 g/mol. The molecule has 0 amide bonds. The van der Waals surface area contributed by atoms with Crippen molar-refractivity contribution in [3.8, 4) is 0 Å². The van der Waals surface area contributed by atoms with Crippen molar-refractivity contribution in [1.82, 2.24) is 0 Å². The van der Waals surface area contributed by atoms with Gasteiger partial charge in [0.05, 0.1) is 21.1 Å². The van der Waals surface area contributed by atoms with Crippen molar-refractivity contribution < 1.29 is 23.6 Å². The van der Waals surface area contributed by atoms with Crippen molar-refractivity contribution in [3.05, 3.63) is 24.3 Å². The molecule has 2 atom stereocenters. The summed E-state index contributed by atoms with van der Waals surface area (Å²) in [6, 6.07) is 7.76. The molecule has 0 spiro atoms. The van der Waals surface area contributed by atoms with Gasteiger partial charge in [-0.1, -0.05) is 0 Å². The average Bonchev–Trinajstić information content (AvgIpc) is 2.86. The normalized spacial score (nSPS) is 18.7. The molecule has 130 valence electrons.